The molecule has 0 aliphatic carbocycles. The standard InChI is InChI=1S/C12H10F2O2/c1-16-11(15)4-2-3-9-5-7-10(8-6-9)12(13)14/h5-8,12H,4H2,1H3. The van der Waals surface area contributed by atoms with Crippen molar-refractivity contribution in [2.75, 3.05) is 7.11 Å². The largest absolute Gasteiger partial charge is 0.468 e. The Morgan fingerprint density at radius 2 is 2.00 bits per heavy atom. The minimum atomic E-state index is -2.47. The van der Waals surface area contributed by atoms with Crippen molar-refractivity contribution in [3.8, 4) is 11.8 Å². The molecule has 0 N–H and O–H groups in total. The molecule has 0 spiro atoms. The Kier molecular flexibility index (Phi) is 4.46. The first kappa shape index (κ1) is 12.2. The van der Waals surface area contributed by atoms with Crippen LogP contribution < -0.4 is 0 Å². The molecule has 0 radical (unpaired) electrons. The fourth-order valence-electron chi connectivity index (χ4n) is 1.00. The highest BCUT2D eigenvalue weighted by atomic mass is 19.3. The van der Waals surface area contributed by atoms with Gasteiger partial charge in [-0.1, -0.05) is 24.0 Å². The zero-order chi connectivity index (χ0) is 12.0. The van der Waals surface area contributed by atoms with Gasteiger partial charge in [0.05, 0.1) is 7.11 Å². The summed E-state index contributed by atoms with van der Waals surface area (Å²) in [5.41, 5.74) is 0.548. The molecule has 0 saturated carbocycles. The minimum absolute atomic E-state index is 0.00685. The Labute approximate surface area is 92.2 Å². The summed E-state index contributed by atoms with van der Waals surface area (Å²) in [4.78, 5) is 10.7. The fourth-order valence-corrected chi connectivity index (χ4v) is 1.00. The second kappa shape index (κ2) is 5.86. The highest BCUT2D eigenvalue weighted by Crippen LogP contribution is 2.18. The van der Waals surface area contributed by atoms with Crippen LogP contribution in [0, 0.1) is 11.8 Å². The summed E-state index contributed by atoms with van der Waals surface area (Å²) in [6, 6.07) is 5.61. The second-order valence-corrected chi connectivity index (χ2v) is 2.98. The first-order valence-corrected chi connectivity index (χ1v) is 4.57. The number of carbonyl (C=O) groups is 1. The maximum absolute atomic E-state index is 12.2. The van der Waals surface area contributed by atoms with Crippen LogP contribution in [-0.4, -0.2) is 13.1 Å². The van der Waals surface area contributed by atoms with Crippen molar-refractivity contribution < 1.29 is 18.3 Å². The molecule has 0 atom stereocenters. The minimum Gasteiger partial charge on any atom is -0.468 e. The number of halogens is 2. The van der Waals surface area contributed by atoms with E-state index >= 15 is 0 Å². The fraction of sp³-hybridized carbons (Fsp3) is 0.250. The van der Waals surface area contributed by atoms with E-state index in [0.717, 1.165) is 0 Å². The van der Waals surface area contributed by atoms with Crippen molar-refractivity contribution in [1.82, 2.24) is 0 Å². The van der Waals surface area contributed by atoms with Crippen molar-refractivity contribution in [1.29, 1.82) is 0 Å². The first-order valence-electron chi connectivity index (χ1n) is 4.57. The SMILES string of the molecule is COC(=O)CC#Cc1ccc(C(F)F)cc1. The predicted molar refractivity (Wildman–Crippen MR) is 54.9 cm³/mol. The third kappa shape index (κ3) is 3.70. The molecule has 0 unspecified atom stereocenters. The summed E-state index contributed by atoms with van der Waals surface area (Å²) in [6.07, 6.45) is -2.48. The lowest BCUT2D eigenvalue weighted by Gasteiger charge is -1.97. The highest BCUT2D eigenvalue weighted by molar-refractivity contribution is 5.72. The van der Waals surface area contributed by atoms with E-state index in [9.17, 15) is 13.6 Å². The van der Waals surface area contributed by atoms with Crippen LogP contribution in [0.3, 0.4) is 0 Å². The molecule has 2 nitrogen and oxygen atoms in total. The molecule has 16 heavy (non-hydrogen) atoms. The molecular weight excluding hydrogens is 214 g/mol. The summed E-state index contributed by atoms with van der Waals surface area (Å²) in [5, 5.41) is 0. The van der Waals surface area contributed by atoms with Gasteiger partial charge in [-0.25, -0.2) is 8.78 Å². The molecule has 0 heterocycles. The van der Waals surface area contributed by atoms with E-state index in [2.05, 4.69) is 16.6 Å². The van der Waals surface area contributed by atoms with Gasteiger partial charge in [0.1, 0.15) is 6.42 Å². The molecule has 4 heteroatoms. The van der Waals surface area contributed by atoms with E-state index in [1.807, 2.05) is 0 Å². The molecule has 84 valence electrons. The molecular formula is C12H10F2O2. The van der Waals surface area contributed by atoms with Gasteiger partial charge >= 0.3 is 5.97 Å². The lowest BCUT2D eigenvalue weighted by atomic mass is 10.1. The third-order valence-corrected chi connectivity index (χ3v) is 1.86. The number of alkyl halides is 2. The lowest BCUT2D eigenvalue weighted by Crippen LogP contribution is -1.97. The Hall–Kier alpha value is -1.89. The van der Waals surface area contributed by atoms with E-state index in [0.29, 0.717) is 5.56 Å². The van der Waals surface area contributed by atoms with Crippen LogP contribution in [-0.2, 0) is 9.53 Å². The number of methoxy groups -OCH3 is 1. The summed E-state index contributed by atoms with van der Waals surface area (Å²) in [7, 11) is 1.28. The molecule has 0 aromatic heterocycles. The smallest absolute Gasteiger partial charge is 0.317 e. The van der Waals surface area contributed by atoms with Gasteiger partial charge in [-0.3, -0.25) is 4.79 Å². The zero-order valence-electron chi connectivity index (χ0n) is 8.67. The average molecular weight is 224 g/mol. The number of carbonyl (C=O) groups excluding carboxylic acids is 1. The van der Waals surface area contributed by atoms with Crippen LogP contribution >= 0.6 is 0 Å². The van der Waals surface area contributed by atoms with Gasteiger partial charge in [0.2, 0.25) is 0 Å². The number of esters is 1. The molecule has 0 amide bonds. The normalized spacial score (nSPS) is 9.50. The van der Waals surface area contributed by atoms with Gasteiger partial charge < -0.3 is 4.74 Å². The van der Waals surface area contributed by atoms with Gasteiger partial charge in [-0.2, -0.15) is 0 Å². The Morgan fingerprint density at radius 1 is 1.38 bits per heavy atom. The summed E-state index contributed by atoms with van der Waals surface area (Å²) in [6.45, 7) is 0. The van der Waals surface area contributed by atoms with Gasteiger partial charge in [0.15, 0.2) is 0 Å². The van der Waals surface area contributed by atoms with E-state index in [1.54, 1.807) is 0 Å². The van der Waals surface area contributed by atoms with Gasteiger partial charge in [0, 0.05) is 11.1 Å². The maximum Gasteiger partial charge on any atom is 0.317 e. The molecule has 0 aliphatic heterocycles. The predicted octanol–water partition coefficient (Wildman–Crippen LogP) is 2.54. The van der Waals surface area contributed by atoms with E-state index in [-0.39, 0.29) is 12.0 Å². The summed E-state index contributed by atoms with van der Waals surface area (Å²) >= 11 is 0. The number of ether oxygens (including phenoxy) is 1. The molecule has 1 rings (SSSR count). The first-order chi connectivity index (χ1) is 7.63. The highest BCUT2D eigenvalue weighted by Gasteiger charge is 2.04. The third-order valence-electron chi connectivity index (χ3n) is 1.86. The number of hydrogen-bond donors (Lipinski definition) is 0. The lowest BCUT2D eigenvalue weighted by molar-refractivity contribution is -0.139. The van der Waals surface area contributed by atoms with E-state index < -0.39 is 12.4 Å². The molecule has 0 fully saturated rings. The number of hydrogen-bond acceptors (Lipinski definition) is 2. The second-order valence-electron chi connectivity index (χ2n) is 2.98. The molecule has 1 aromatic carbocycles. The van der Waals surface area contributed by atoms with Crippen LogP contribution in [0.25, 0.3) is 0 Å². The van der Waals surface area contributed by atoms with E-state index in [1.165, 1.54) is 31.4 Å². The van der Waals surface area contributed by atoms with Crippen LogP contribution in [0.15, 0.2) is 24.3 Å². The average Bonchev–Trinajstić information content (AvgIpc) is 2.29. The van der Waals surface area contributed by atoms with Crippen molar-refractivity contribution >= 4 is 5.97 Å². The topological polar surface area (TPSA) is 26.3 Å². The quantitative estimate of drug-likeness (QED) is 0.570. The van der Waals surface area contributed by atoms with Gasteiger partial charge in [-0.05, 0) is 12.1 Å². The Balaban J connectivity index is 2.65. The summed E-state index contributed by atoms with van der Waals surface area (Å²) < 4.78 is 28.8. The molecule has 0 bridgehead atoms. The van der Waals surface area contributed by atoms with Gasteiger partial charge in [-0.15, -0.1) is 0 Å². The van der Waals surface area contributed by atoms with Crippen molar-refractivity contribution in [2.45, 2.75) is 12.8 Å². The van der Waals surface area contributed by atoms with Crippen LogP contribution in [0.1, 0.15) is 24.0 Å². The van der Waals surface area contributed by atoms with Crippen LogP contribution in [0.2, 0.25) is 0 Å². The maximum atomic E-state index is 12.2. The van der Waals surface area contributed by atoms with E-state index in [4.69, 9.17) is 0 Å². The molecule has 0 aliphatic rings. The number of rotatable bonds is 2. The zero-order valence-corrected chi connectivity index (χ0v) is 8.67. The number of benzene rings is 1. The molecule has 0 saturated heterocycles. The Bertz CT molecular complexity index is 413. The monoisotopic (exact) mass is 224 g/mol. The summed E-state index contributed by atoms with van der Waals surface area (Å²) in [5.74, 6) is 4.85. The van der Waals surface area contributed by atoms with Crippen molar-refractivity contribution in [3.05, 3.63) is 35.4 Å². The van der Waals surface area contributed by atoms with Crippen molar-refractivity contribution in [3.63, 3.8) is 0 Å². The van der Waals surface area contributed by atoms with Gasteiger partial charge in [0.25, 0.3) is 6.43 Å². The van der Waals surface area contributed by atoms with Crippen LogP contribution in [0.4, 0.5) is 8.78 Å². The van der Waals surface area contributed by atoms with Crippen molar-refractivity contribution in [2.24, 2.45) is 0 Å². The Morgan fingerprint density at radius 3 is 2.50 bits per heavy atom. The van der Waals surface area contributed by atoms with Crippen LogP contribution in [0.5, 0.6) is 0 Å². The molecule has 1 aromatic rings.